The minimum atomic E-state index is -0.109. The third-order valence-corrected chi connectivity index (χ3v) is 2.86. The molecule has 2 rings (SSSR count). The number of carbonyl (C=O) groups is 1. The summed E-state index contributed by atoms with van der Waals surface area (Å²) in [5.74, 6) is 0.0389. The number of nitrogens with zero attached hydrogens (tertiary/aromatic N) is 2. The molecule has 2 heterocycles. The topological polar surface area (TPSA) is 57.3 Å². The van der Waals surface area contributed by atoms with Crippen LogP contribution >= 0.6 is 11.3 Å². The van der Waals surface area contributed by atoms with E-state index in [4.69, 9.17) is 0 Å². The highest BCUT2D eigenvalue weighted by atomic mass is 32.1. The first kappa shape index (κ1) is 9.57. The third-order valence-electron chi connectivity index (χ3n) is 2.08. The Kier molecular flexibility index (Phi) is 2.76. The molecule has 1 saturated heterocycles. The average molecular weight is 212 g/mol. The number of thiazole rings is 1. The molecule has 0 aromatic carbocycles. The molecule has 0 spiro atoms. The second-order valence-electron chi connectivity index (χ2n) is 3.26. The van der Waals surface area contributed by atoms with Crippen LogP contribution in [0.1, 0.15) is 4.88 Å². The lowest BCUT2D eigenvalue weighted by atomic mass is 10.3. The molecule has 1 aromatic heterocycles. The van der Waals surface area contributed by atoms with E-state index < -0.39 is 0 Å². The van der Waals surface area contributed by atoms with Crippen LogP contribution in [0.5, 0.6) is 0 Å². The lowest BCUT2D eigenvalue weighted by Gasteiger charge is -2.07. The molecular weight excluding hydrogens is 200 g/mol. The van der Waals surface area contributed by atoms with E-state index in [9.17, 15) is 4.79 Å². The molecule has 1 unspecified atom stereocenters. The summed E-state index contributed by atoms with van der Waals surface area (Å²) in [7, 11) is 1.85. The van der Waals surface area contributed by atoms with E-state index >= 15 is 0 Å². The van der Waals surface area contributed by atoms with E-state index in [1.807, 2.05) is 13.2 Å². The number of nitrogens with one attached hydrogen (secondary N) is 2. The Morgan fingerprint density at radius 3 is 3.29 bits per heavy atom. The van der Waals surface area contributed by atoms with Gasteiger partial charge < -0.3 is 0 Å². The van der Waals surface area contributed by atoms with Crippen molar-refractivity contribution in [2.75, 3.05) is 13.6 Å². The Balaban J connectivity index is 1.84. The molecule has 5 nitrogen and oxygen atoms in total. The van der Waals surface area contributed by atoms with Gasteiger partial charge in [-0.2, -0.15) is 0 Å². The van der Waals surface area contributed by atoms with Gasteiger partial charge in [0.05, 0.1) is 5.51 Å². The fraction of sp³-hybridized carbons (Fsp3) is 0.500. The highest BCUT2D eigenvalue weighted by Gasteiger charge is 2.27. The minimum Gasteiger partial charge on any atom is -0.300 e. The largest absolute Gasteiger partial charge is 0.300 e. The van der Waals surface area contributed by atoms with Gasteiger partial charge in [-0.3, -0.25) is 20.5 Å². The standard InChI is InChI=1S/C8H12N4OS/c1-12-4-7(8(13)11-12)10-3-6-2-9-5-14-6/h2,5,7,10H,3-4H2,1H3,(H,11,13). The van der Waals surface area contributed by atoms with Crippen LogP contribution in [0.2, 0.25) is 0 Å². The first-order valence-electron chi connectivity index (χ1n) is 4.38. The Morgan fingerprint density at radius 1 is 1.86 bits per heavy atom. The fourth-order valence-corrected chi connectivity index (χ4v) is 1.92. The van der Waals surface area contributed by atoms with Gasteiger partial charge >= 0.3 is 0 Å². The monoisotopic (exact) mass is 212 g/mol. The number of carbonyl (C=O) groups excluding carboxylic acids is 1. The van der Waals surface area contributed by atoms with Crippen LogP contribution < -0.4 is 10.7 Å². The molecule has 14 heavy (non-hydrogen) atoms. The van der Waals surface area contributed by atoms with Gasteiger partial charge in [0.2, 0.25) is 0 Å². The summed E-state index contributed by atoms with van der Waals surface area (Å²) in [5.41, 5.74) is 4.51. The molecule has 1 aliphatic rings. The van der Waals surface area contributed by atoms with Gasteiger partial charge in [-0.1, -0.05) is 0 Å². The predicted molar refractivity (Wildman–Crippen MR) is 53.5 cm³/mol. The molecule has 1 aromatic rings. The maximum Gasteiger partial charge on any atom is 0.252 e. The second kappa shape index (κ2) is 4.04. The van der Waals surface area contributed by atoms with Crippen molar-refractivity contribution in [1.82, 2.24) is 20.7 Å². The highest BCUT2D eigenvalue weighted by Crippen LogP contribution is 2.06. The Labute approximate surface area is 86.1 Å². The SMILES string of the molecule is CN1CC(NCc2cncs2)C(=O)N1. The first-order chi connectivity index (χ1) is 6.75. The van der Waals surface area contributed by atoms with Gasteiger partial charge in [-0.25, -0.2) is 5.01 Å². The number of aromatic nitrogens is 1. The smallest absolute Gasteiger partial charge is 0.252 e. The molecule has 0 bridgehead atoms. The zero-order valence-corrected chi connectivity index (χ0v) is 8.67. The molecule has 6 heteroatoms. The quantitative estimate of drug-likeness (QED) is 0.714. The molecule has 1 amide bonds. The number of amides is 1. The summed E-state index contributed by atoms with van der Waals surface area (Å²) in [6.45, 7) is 1.41. The van der Waals surface area contributed by atoms with Crippen molar-refractivity contribution in [2.45, 2.75) is 12.6 Å². The van der Waals surface area contributed by atoms with E-state index in [0.717, 1.165) is 4.88 Å². The molecule has 2 N–H and O–H groups in total. The normalized spacial score (nSPS) is 22.6. The Morgan fingerprint density at radius 2 is 2.71 bits per heavy atom. The summed E-state index contributed by atoms with van der Waals surface area (Å²) < 4.78 is 0. The van der Waals surface area contributed by atoms with Crippen molar-refractivity contribution in [3.63, 3.8) is 0 Å². The average Bonchev–Trinajstić information content (AvgIpc) is 2.72. The summed E-state index contributed by atoms with van der Waals surface area (Å²) in [5, 5.41) is 4.97. The summed E-state index contributed by atoms with van der Waals surface area (Å²) in [4.78, 5) is 16.4. The number of rotatable bonds is 3. The van der Waals surface area contributed by atoms with Crippen molar-refractivity contribution >= 4 is 17.2 Å². The summed E-state index contributed by atoms with van der Waals surface area (Å²) >= 11 is 1.59. The molecule has 1 aliphatic heterocycles. The Hall–Kier alpha value is -0.980. The first-order valence-corrected chi connectivity index (χ1v) is 5.26. The fourth-order valence-electron chi connectivity index (χ4n) is 1.38. The molecule has 0 radical (unpaired) electrons. The van der Waals surface area contributed by atoms with E-state index in [1.54, 1.807) is 21.9 Å². The molecular formula is C8H12N4OS. The number of hydrogen-bond acceptors (Lipinski definition) is 5. The van der Waals surface area contributed by atoms with Gasteiger partial charge in [0.15, 0.2) is 0 Å². The van der Waals surface area contributed by atoms with Crippen LogP contribution in [0.25, 0.3) is 0 Å². The Bertz CT molecular complexity index is 313. The van der Waals surface area contributed by atoms with E-state index in [2.05, 4.69) is 15.7 Å². The van der Waals surface area contributed by atoms with Crippen LogP contribution in [-0.2, 0) is 11.3 Å². The van der Waals surface area contributed by atoms with Crippen LogP contribution in [-0.4, -0.2) is 35.5 Å². The van der Waals surface area contributed by atoms with E-state index in [-0.39, 0.29) is 11.9 Å². The van der Waals surface area contributed by atoms with E-state index in [1.165, 1.54) is 0 Å². The lowest BCUT2D eigenvalue weighted by Crippen LogP contribution is -2.37. The van der Waals surface area contributed by atoms with E-state index in [0.29, 0.717) is 13.1 Å². The van der Waals surface area contributed by atoms with Crippen molar-refractivity contribution in [3.05, 3.63) is 16.6 Å². The number of likely N-dealkylation sites (N-methyl/N-ethyl adjacent to an activating group) is 1. The maximum atomic E-state index is 11.3. The van der Waals surface area contributed by atoms with Crippen LogP contribution in [0, 0.1) is 0 Å². The predicted octanol–water partition coefficient (Wildman–Crippen LogP) is -0.422. The highest BCUT2D eigenvalue weighted by molar-refractivity contribution is 7.09. The van der Waals surface area contributed by atoms with Crippen molar-refractivity contribution in [1.29, 1.82) is 0 Å². The third kappa shape index (κ3) is 2.09. The van der Waals surface area contributed by atoms with Gasteiger partial charge in [-0.05, 0) is 0 Å². The van der Waals surface area contributed by atoms with Crippen molar-refractivity contribution in [3.8, 4) is 0 Å². The molecule has 1 fully saturated rings. The van der Waals surface area contributed by atoms with Crippen LogP contribution in [0.3, 0.4) is 0 Å². The van der Waals surface area contributed by atoms with Gasteiger partial charge in [0.1, 0.15) is 6.04 Å². The summed E-state index contributed by atoms with van der Waals surface area (Å²) in [6, 6.07) is -0.109. The molecule has 0 aliphatic carbocycles. The lowest BCUT2D eigenvalue weighted by molar-refractivity contribution is -0.122. The van der Waals surface area contributed by atoms with Crippen LogP contribution in [0.15, 0.2) is 11.7 Å². The zero-order chi connectivity index (χ0) is 9.97. The van der Waals surface area contributed by atoms with Crippen molar-refractivity contribution in [2.24, 2.45) is 0 Å². The number of hydrogen-bond donors (Lipinski definition) is 2. The summed E-state index contributed by atoms with van der Waals surface area (Å²) in [6.07, 6.45) is 1.81. The molecule has 0 saturated carbocycles. The zero-order valence-electron chi connectivity index (χ0n) is 7.86. The van der Waals surface area contributed by atoms with Crippen LogP contribution in [0.4, 0.5) is 0 Å². The maximum absolute atomic E-state index is 11.3. The number of hydrazine groups is 1. The molecule has 1 atom stereocenters. The molecule has 76 valence electrons. The van der Waals surface area contributed by atoms with Crippen molar-refractivity contribution < 1.29 is 4.79 Å². The second-order valence-corrected chi connectivity index (χ2v) is 4.23. The van der Waals surface area contributed by atoms with Gasteiger partial charge in [0.25, 0.3) is 5.91 Å². The van der Waals surface area contributed by atoms with Gasteiger partial charge in [-0.15, -0.1) is 11.3 Å². The minimum absolute atomic E-state index is 0.0389. The van der Waals surface area contributed by atoms with Gasteiger partial charge in [0, 0.05) is 31.2 Å².